The maximum atomic E-state index is 11.7. The lowest BCUT2D eigenvalue weighted by atomic mass is 10.1. The Kier molecular flexibility index (Phi) is 5.25. The highest BCUT2D eigenvalue weighted by atomic mass is 79.9. The lowest BCUT2D eigenvalue weighted by molar-refractivity contribution is -0.123. The van der Waals surface area contributed by atoms with Gasteiger partial charge in [-0.1, -0.05) is 22.4 Å². The number of nitrogens with one attached hydrogen (secondary N) is 1. The van der Waals surface area contributed by atoms with Crippen LogP contribution < -0.4 is 5.32 Å². The normalized spacial score (nSPS) is 20.5. The molecule has 1 atom stereocenters. The Hall–Kier alpha value is -0.0900. The summed E-state index contributed by atoms with van der Waals surface area (Å²) in [4.78, 5) is 14.2. The third-order valence-corrected chi connectivity index (χ3v) is 3.26. The van der Waals surface area contributed by atoms with Gasteiger partial charge in [0.15, 0.2) is 0 Å². The molecule has 1 aliphatic heterocycles. The van der Waals surface area contributed by atoms with Gasteiger partial charge in [-0.05, 0) is 46.7 Å². The molecule has 4 heteroatoms. The van der Waals surface area contributed by atoms with Crippen molar-refractivity contribution >= 4 is 21.8 Å². The molecule has 1 amide bonds. The van der Waals surface area contributed by atoms with E-state index in [0.29, 0.717) is 0 Å². The number of hydrogen-bond acceptors (Lipinski definition) is 2. The van der Waals surface area contributed by atoms with Crippen LogP contribution in [0.4, 0.5) is 0 Å². The molecule has 1 aliphatic rings. The lowest BCUT2D eigenvalue weighted by Gasteiger charge is -2.30. The third-order valence-electron chi connectivity index (χ3n) is 2.90. The maximum absolute atomic E-state index is 11.7. The summed E-state index contributed by atoms with van der Waals surface area (Å²) >= 11 is 3.37. The van der Waals surface area contributed by atoms with E-state index in [1.54, 1.807) is 0 Å². The molecule has 16 heavy (non-hydrogen) atoms. The number of rotatable bonds is 4. The van der Waals surface area contributed by atoms with Gasteiger partial charge in [-0.25, -0.2) is 0 Å². The summed E-state index contributed by atoms with van der Waals surface area (Å²) in [5, 5.41) is 3.04. The van der Waals surface area contributed by atoms with Crippen LogP contribution in [0.15, 0.2) is 0 Å². The molecule has 1 fully saturated rings. The summed E-state index contributed by atoms with van der Waals surface area (Å²) in [5.41, 5.74) is 0. The first-order valence-electron chi connectivity index (χ1n) is 6.12. The van der Waals surface area contributed by atoms with Gasteiger partial charge in [0.25, 0.3) is 0 Å². The predicted octanol–water partition coefficient (Wildman–Crippen LogP) is 2.15. The molecule has 1 heterocycles. The number of alkyl halides is 1. The number of likely N-dealkylation sites (tertiary alicyclic amines) is 1. The number of piperidine rings is 1. The van der Waals surface area contributed by atoms with Crippen LogP contribution in [0, 0.1) is 0 Å². The van der Waals surface area contributed by atoms with Crippen molar-refractivity contribution in [3.8, 4) is 0 Å². The van der Waals surface area contributed by atoms with E-state index in [0.717, 1.165) is 6.54 Å². The summed E-state index contributed by atoms with van der Waals surface area (Å²) in [6.45, 7) is 9.14. The zero-order chi connectivity index (χ0) is 12.2. The van der Waals surface area contributed by atoms with Gasteiger partial charge < -0.3 is 10.2 Å². The Morgan fingerprint density at radius 3 is 2.44 bits per heavy atom. The molecule has 94 valence electrons. The van der Waals surface area contributed by atoms with Crippen LogP contribution in [0.25, 0.3) is 0 Å². The van der Waals surface area contributed by atoms with Crippen molar-refractivity contribution in [1.82, 2.24) is 10.2 Å². The Balaban J connectivity index is 2.29. The molecule has 0 radical (unpaired) electrons. The van der Waals surface area contributed by atoms with Crippen molar-refractivity contribution in [2.24, 2.45) is 0 Å². The van der Waals surface area contributed by atoms with Gasteiger partial charge in [-0.3, -0.25) is 4.79 Å². The molecule has 0 aromatic heterocycles. The van der Waals surface area contributed by atoms with Crippen LogP contribution in [0.5, 0.6) is 0 Å². The first kappa shape index (κ1) is 14.0. The van der Waals surface area contributed by atoms with Gasteiger partial charge >= 0.3 is 0 Å². The van der Waals surface area contributed by atoms with Gasteiger partial charge in [0.1, 0.15) is 0 Å². The molecular formula is C12H23BrN2O. The van der Waals surface area contributed by atoms with Crippen LogP contribution in [0.3, 0.4) is 0 Å². The molecule has 0 saturated carbocycles. The van der Waals surface area contributed by atoms with Crippen LogP contribution in [-0.4, -0.2) is 40.8 Å². The highest BCUT2D eigenvalue weighted by Crippen LogP contribution is 2.16. The number of hydrogen-bond donors (Lipinski definition) is 1. The first-order chi connectivity index (χ1) is 7.39. The summed E-state index contributed by atoms with van der Waals surface area (Å²) in [7, 11) is 0. The summed E-state index contributed by atoms with van der Waals surface area (Å²) in [5.74, 6) is 0.0667. The van der Waals surface area contributed by atoms with Gasteiger partial charge in [0, 0.05) is 12.6 Å². The number of carbonyl (C=O) groups is 1. The number of amides is 1. The standard InChI is InChI=1S/C12H23BrN2O/c1-10(14-11(16)12(2,3)13)9-15-7-5-4-6-8-15/h10H,4-9H2,1-3H3,(H,14,16). The van der Waals surface area contributed by atoms with E-state index in [2.05, 4.69) is 33.1 Å². The minimum absolute atomic E-state index is 0.0667. The molecular weight excluding hydrogens is 268 g/mol. The van der Waals surface area contributed by atoms with E-state index in [-0.39, 0.29) is 11.9 Å². The van der Waals surface area contributed by atoms with E-state index in [1.165, 1.54) is 32.4 Å². The number of halogens is 1. The van der Waals surface area contributed by atoms with Crippen molar-refractivity contribution in [3.05, 3.63) is 0 Å². The average Bonchev–Trinajstić information content (AvgIpc) is 2.17. The summed E-state index contributed by atoms with van der Waals surface area (Å²) in [6.07, 6.45) is 3.95. The molecule has 1 N–H and O–H groups in total. The average molecular weight is 291 g/mol. The Morgan fingerprint density at radius 2 is 1.94 bits per heavy atom. The summed E-state index contributed by atoms with van der Waals surface area (Å²) < 4.78 is -0.469. The molecule has 1 saturated heterocycles. The monoisotopic (exact) mass is 290 g/mol. The SMILES string of the molecule is CC(CN1CCCCC1)NC(=O)C(C)(C)Br. The Bertz CT molecular complexity index is 232. The van der Waals surface area contributed by atoms with Crippen molar-refractivity contribution < 1.29 is 4.79 Å². The zero-order valence-electron chi connectivity index (χ0n) is 10.6. The number of carbonyl (C=O) groups excluding carboxylic acids is 1. The second-order valence-corrected chi connectivity index (χ2v) is 7.19. The summed E-state index contributed by atoms with van der Waals surface area (Å²) in [6, 6.07) is 0.224. The van der Waals surface area contributed by atoms with Crippen molar-refractivity contribution in [2.75, 3.05) is 19.6 Å². The second-order valence-electron chi connectivity index (χ2n) is 5.21. The van der Waals surface area contributed by atoms with E-state index < -0.39 is 4.32 Å². The van der Waals surface area contributed by atoms with E-state index in [9.17, 15) is 4.79 Å². The number of nitrogens with zero attached hydrogens (tertiary/aromatic N) is 1. The van der Waals surface area contributed by atoms with Gasteiger partial charge in [0.05, 0.1) is 4.32 Å². The van der Waals surface area contributed by atoms with E-state index in [4.69, 9.17) is 0 Å². The Morgan fingerprint density at radius 1 is 1.38 bits per heavy atom. The highest BCUT2D eigenvalue weighted by Gasteiger charge is 2.25. The lowest BCUT2D eigenvalue weighted by Crippen LogP contribution is -2.48. The fourth-order valence-electron chi connectivity index (χ4n) is 1.97. The second kappa shape index (κ2) is 6.01. The Labute approximate surface area is 107 Å². The van der Waals surface area contributed by atoms with Gasteiger partial charge in [0.2, 0.25) is 5.91 Å². The molecule has 0 aliphatic carbocycles. The molecule has 0 aromatic carbocycles. The fraction of sp³-hybridized carbons (Fsp3) is 0.917. The molecule has 0 spiro atoms. The smallest absolute Gasteiger partial charge is 0.236 e. The van der Waals surface area contributed by atoms with Crippen molar-refractivity contribution in [2.45, 2.75) is 50.4 Å². The van der Waals surface area contributed by atoms with Crippen LogP contribution in [-0.2, 0) is 4.79 Å². The zero-order valence-corrected chi connectivity index (χ0v) is 12.1. The first-order valence-corrected chi connectivity index (χ1v) is 6.91. The van der Waals surface area contributed by atoms with Crippen LogP contribution >= 0.6 is 15.9 Å². The molecule has 1 rings (SSSR count). The minimum atomic E-state index is -0.469. The molecule has 0 bridgehead atoms. The fourth-order valence-corrected chi connectivity index (χ4v) is 2.08. The van der Waals surface area contributed by atoms with E-state index >= 15 is 0 Å². The van der Waals surface area contributed by atoms with Gasteiger partial charge in [-0.15, -0.1) is 0 Å². The largest absolute Gasteiger partial charge is 0.351 e. The van der Waals surface area contributed by atoms with Crippen molar-refractivity contribution in [1.29, 1.82) is 0 Å². The highest BCUT2D eigenvalue weighted by molar-refractivity contribution is 9.10. The molecule has 1 unspecified atom stereocenters. The quantitative estimate of drug-likeness (QED) is 0.805. The minimum Gasteiger partial charge on any atom is -0.351 e. The van der Waals surface area contributed by atoms with Crippen LogP contribution in [0.1, 0.15) is 40.0 Å². The van der Waals surface area contributed by atoms with Gasteiger partial charge in [-0.2, -0.15) is 0 Å². The van der Waals surface area contributed by atoms with E-state index in [1.807, 2.05) is 13.8 Å². The predicted molar refractivity (Wildman–Crippen MR) is 70.9 cm³/mol. The van der Waals surface area contributed by atoms with Crippen molar-refractivity contribution in [3.63, 3.8) is 0 Å². The third kappa shape index (κ3) is 4.83. The van der Waals surface area contributed by atoms with Crippen LogP contribution in [0.2, 0.25) is 0 Å². The topological polar surface area (TPSA) is 32.3 Å². The maximum Gasteiger partial charge on any atom is 0.236 e. The molecule has 0 aromatic rings. The molecule has 3 nitrogen and oxygen atoms in total.